The third-order valence-electron chi connectivity index (χ3n) is 1.67. The lowest BCUT2D eigenvalue weighted by atomic mass is 9.93. The third kappa shape index (κ3) is 2.26. The number of halogens is 2. The third-order valence-corrected chi connectivity index (χ3v) is 1.67. The zero-order valence-electron chi connectivity index (χ0n) is 5.24. The summed E-state index contributed by atoms with van der Waals surface area (Å²) in [6.45, 7) is -0.134. The Morgan fingerprint density at radius 2 is 2.11 bits per heavy atom. The van der Waals surface area contributed by atoms with Crippen LogP contribution in [-0.2, 0) is 0 Å². The molecule has 0 aromatic heterocycles. The van der Waals surface area contributed by atoms with Gasteiger partial charge in [0.05, 0.1) is 6.54 Å². The minimum absolute atomic E-state index is 0.134. The van der Waals surface area contributed by atoms with E-state index >= 15 is 0 Å². The predicted molar refractivity (Wildman–Crippen MR) is 31.6 cm³/mol. The highest BCUT2D eigenvalue weighted by atomic mass is 19.3. The predicted octanol–water partition coefficient (Wildman–Crippen LogP) is 1.39. The van der Waals surface area contributed by atoms with E-state index in [9.17, 15) is 8.78 Å². The second-order valence-corrected chi connectivity index (χ2v) is 2.43. The van der Waals surface area contributed by atoms with Crippen molar-refractivity contribution in [3.63, 3.8) is 0 Å². The molecule has 1 aliphatic rings. The van der Waals surface area contributed by atoms with Gasteiger partial charge in [0.2, 0.25) is 0 Å². The molecule has 54 valence electrons. The van der Waals surface area contributed by atoms with Crippen LogP contribution in [0.25, 0.3) is 0 Å². The summed E-state index contributed by atoms with van der Waals surface area (Å²) >= 11 is 0. The summed E-state index contributed by atoms with van der Waals surface area (Å²) in [6.07, 6.45) is 1.16. The van der Waals surface area contributed by atoms with Crippen molar-refractivity contribution in [3.8, 4) is 0 Å². The Balaban J connectivity index is 1.91. The van der Waals surface area contributed by atoms with Crippen LogP contribution in [0.1, 0.15) is 19.3 Å². The molecule has 0 heterocycles. The minimum atomic E-state index is -2.19. The Bertz CT molecular complexity index is 81.1. The van der Waals surface area contributed by atoms with Crippen LogP contribution < -0.4 is 5.32 Å². The normalized spacial score (nSPS) is 20.3. The van der Waals surface area contributed by atoms with Crippen LogP contribution >= 0.6 is 0 Å². The molecule has 0 aliphatic heterocycles. The standard InChI is InChI=1S/C6H11F2N/c7-6(8)4-9-5-2-1-3-5/h5-6,9H,1-4H2. The van der Waals surface area contributed by atoms with E-state index in [2.05, 4.69) is 5.32 Å². The summed E-state index contributed by atoms with van der Waals surface area (Å²) in [5.41, 5.74) is 0. The Labute approximate surface area is 53.4 Å². The van der Waals surface area contributed by atoms with Crippen molar-refractivity contribution in [2.24, 2.45) is 0 Å². The van der Waals surface area contributed by atoms with Gasteiger partial charge in [-0.05, 0) is 12.8 Å². The van der Waals surface area contributed by atoms with Crippen LogP contribution in [-0.4, -0.2) is 19.0 Å². The largest absolute Gasteiger partial charge is 0.309 e. The summed E-state index contributed by atoms with van der Waals surface area (Å²) < 4.78 is 23.0. The Morgan fingerprint density at radius 3 is 2.44 bits per heavy atom. The Morgan fingerprint density at radius 1 is 1.44 bits per heavy atom. The fraction of sp³-hybridized carbons (Fsp3) is 1.00. The van der Waals surface area contributed by atoms with Gasteiger partial charge in [-0.15, -0.1) is 0 Å². The first-order chi connectivity index (χ1) is 4.29. The average molecular weight is 135 g/mol. The van der Waals surface area contributed by atoms with E-state index in [0.717, 1.165) is 12.8 Å². The summed E-state index contributed by atoms with van der Waals surface area (Å²) in [6, 6.07) is 0.388. The molecule has 1 rings (SSSR count). The zero-order valence-corrected chi connectivity index (χ0v) is 5.24. The van der Waals surface area contributed by atoms with Gasteiger partial charge in [-0.2, -0.15) is 0 Å². The van der Waals surface area contributed by atoms with Gasteiger partial charge in [0.15, 0.2) is 0 Å². The molecule has 0 radical (unpaired) electrons. The topological polar surface area (TPSA) is 12.0 Å². The van der Waals surface area contributed by atoms with E-state index < -0.39 is 6.43 Å². The summed E-state index contributed by atoms with van der Waals surface area (Å²) in [7, 11) is 0. The Hall–Kier alpha value is -0.180. The molecule has 1 aliphatic carbocycles. The number of rotatable bonds is 3. The summed E-state index contributed by atoms with van der Waals surface area (Å²) in [5, 5.41) is 2.77. The molecule has 1 N–H and O–H groups in total. The van der Waals surface area contributed by atoms with Crippen LogP contribution in [0, 0.1) is 0 Å². The van der Waals surface area contributed by atoms with E-state index in [1.807, 2.05) is 0 Å². The Kier molecular flexibility index (Phi) is 2.39. The fourth-order valence-electron chi connectivity index (χ4n) is 0.868. The number of nitrogens with one attached hydrogen (secondary N) is 1. The molecule has 0 amide bonds. The highest BCUT2D eigenvalue weighted by Gasteiger charge is 2.17. The molecule has 0 spiro atoms. The van der Waals surface area contributed by atoms with Gasteiger partial charge in [-0.1, -0.05) is 6.42 Å². The minimum Gasteiger partial charge on any atom is -0.309 e. The average Bonchev–Trinajstić information content (AvgIpc) is 1.60. The van der Waals surface area contributed by atoms with E-state index in [0.29, 0.717) is 6.04 Å². The van der Waals surface area contributed by atoms with Crippen molar-refractivity contribution in [2.45, 2.75) is 31.7 Å². The van der Waals surface area contributed by atoms with Crippen molar-refractivity contribution >= 4 is 0 Å². The maximum atomic E-state index is 11.5. The highest BCUT2D eigenvalue weighted by Crippen LogP contribution is 2.17. The maximum Gasteiger partial charge on any atom is 0.250 e. The lowest BCUT2D eigenvalue weighted by Gasteiger charge is -2.26. The number of hydrogen-bond donors (Lipinski definition) is 1. The molecule has 1 saturated carbocycles. The maximum absolute atomic E-state index is 11.5. The van der Waals surface area contributed by atoms with Crippen LogP contribution in [0.3, 0.4) is 0 Å². The summed E-state index contributed by atoms with van der Waals surface area (Å²) in [5.74, 6) is 0. The van der Waals surface area contributed by atoms with Crippen LogP contribution in [0.5, 0.6) is 0 Å². The SMILES string of the molecule is FC(F)CNC1CCC1. The molecule has 9 heavy (non-hydrogen) atoms. The van der Waals surface area contributed by atoms with E-state index in [4.69, 9.17) is 0 Å². The van der Waals surface area contributed by atoms with Gasteiger partial charge >= 0.3 is 0 Å². The first kappa shape index (κ1) is 6.93. The van der Waals surface area contributed by atoms with Crippen molar-refractivity contribution in [1.29, 1.82) is 0 Å². The van der Waals surface area contributed by atoms with Crippen molar-refractivity contribution < 1.29 is 8.78 Å². The van der Waals surface area contributed by atoms with Gasteiger partial charge in [0, 0.05) is 6.04 Å². The first-order valence-electron chi connectivity index (χ1n) is 3.30. The molecule has 0 saturated heterocycles. The fourth-order valence-corrected chi connectivity index (χ4v) is 0.868. The van der Waals surface area contributed by atoms with Gasteiger partial charge < -0.3 is 5.32 Å². The number of alkyl halides is 2. The van der Waals surface area contributed by atoms with Gasteiger partial charge in [-0.3, -0.25) is 0 Å². The van der Waals surface area contributed by atoms with Gasteiger partial charge in [0.25, 0.3) is 6.43 Å². The molecule has 0 aromatic rings. The van der Waals surface area contributed by atoms with Crippen molar-refractivity contribution in [3.05, 3.63) is 0 Å². The van der Waals surface area contributed by atoms with E-state index in [1.165, 1.54) is 6.42 Å². The van der Waals surface area contributed by atoms with Crippen molar-refractivity contribution in [2.75, 3.05) is 6.54 Å². The van der Waals surface area contributed by atoms with E-state index in [-0.39, 0.29) is 6.54 Å². The second kappa shape index (κ2) is 3.11. The van der Waals surface area contributed by atoms with Crippen molar-refractivity contribution in [1.82, 2.24) is 5.32 Å². The van der Waals surface area contributed by atoms with Crippen LogP contribution in [0.4, 0.5) is 8.78 Å². The second-order valence-electron chi connectivity index (χ2n) is 2.43. The lowest BCUT2D eigenvalue weighted by Crippen LogP contribution is -2.37. The highest BCUT2D eigenvalue weighted by molar-refractivity contribution is 4.76. The quantitative estimate of drug-likeness (QED) is 0.616. The molecular weight excluding hydrogens is 124 g/mol. The molecular formula is C6H11F2N. The van der Waals surface area contributed by atoms with E-state index in [1.54, 1.807) is 0 Å². The van der Waals surface area contributed by atoms with Crippen LogP contribution in [0.15, 0.2) is 0 Å². The molecule has 1 fully saturated rings. The zero-order chi connectivity index (χ0) is 6.69. The first-order valence-corrected chi connectivity index (χ1v) is 3.30. The number of hydrogen-bond acceptors (Lipinski definition) is 1. The lowest BCUT2D eigenvalue weighted by molar-refractivity contribution is 0.134. The van der Waals surface area contributed by atoms with Gasteiger partial charge in [-0.25, -0.2) is 8.78 Å². The molecule has 3 heteroatoms. The van der Waals surface area contributed by atoms with Gasteiger partial charge in [0.1, 0.15) is 0 Å². The smallest absolute Gasteiger partial charge is 0.250 e. The molecule has 0 atom stereocenters. The molecule has 0 aromatic carbocycles. The molecule has 1 nitrogen and oxygen atoms in total. The summed E-state index contributed by atoms with van der Waals surface area (Å²) in [4.78, 5) is 0. The van der Waals surface area contributed by atoms with Crippen LogP contribution in [0.2, 0.25) is 0 Å². The molecule has 0 unspecified atom stereocenters. The monoisotopic (exact) mass is 135 g/mol. The molecule has 0 bridgehead atoms.